The Morgan fingerprint density at radius 2 is 1.49 bits per heavy atom. The highest BCUT2D eigenvalue weighted by Gasteiger charge is 2.35. The molecule has 1 aliphatic heterocycles. The second-order valence-electron chi connectivity index (χ2n) is 11.0. The lowest BCUT2D eigenvalue weighted by molar-refractivity contribution is -0.122. The van der Waals surface area contributed by atoms with Crippen molar-refractivity contribution in [1.29, 1.82) is 0 Å². The number of aliphatic hydroxyl groups is 1. The summed E-state index contributed by atoms with van der Waals surface area (Å²) in [5, 5.41) is 14.3. The van der Waals surface area contributed by atoms with E-state index < -0.39 is 22.2 Å². The first kappa shape index (κ1) is 32.5. The summed E-state index contributed by atoms with van der Waals surface area (Å²) in [5.74, 6) is -1.14. The second kappa shape index (κ2) is 14.4. The molecule has 11 heteroatoms. The molecule has 1 aliphatic rings. The van der Waals surface area contributed by atoms with Gasteiger partial charge < -0.3 is 10.4 Å². The summed E-state index contributed by atoms with van der Waals surface area (Å²) in [7, 11) is -3.93. The van der Waals surface area contributed by atoms with Gasteiger partial charge in [-0.15, -0.1) is 0 Å². The molecule has 228 valence electrons. The number of nitrogens with one attached hydrogen (secondary N) is 1. The number of amides is 3. The Morgan fingerprint density at radius 1 is 0.907 bits per heavy atom. The normalized spacial score (nSPS) is 14.7. The molecule has 1 heterocycles. The van der Waals surface area contributed by atoms with Gasteiger partial charge in [-0.1, -0.05) is 72.2 Å². The van der Waals surface area contributed by atoms with Crippen molar-refractivity contribution in [1.82, 2.24) is 14.5 Å². The van der Waals surface area contributed by atoms with Crippen molar-refractivity contribution in [2.75, 3.05) is 19.6 Å². The van der Waals surface area contributed by atoms with Crippen LogP contribution in [0.5, 0.6) is 0 Å². The van der Waals surface area contributed by atoms with E-state index in [2.05, 4.69) is 21.2 Å². The maximum atomic E-state index is 13.6. The zero-order valence-electron chi connectivity index (χ0n) is 24.1. The minimum absolute atomic E-state index is 0.0122. The van der Waals surface area contributed by atoms with Gasteiger partial charge >= 0.3 is 0 Å². The van der Waals surface area contributed by atoms with Gasteiger partial charge in [0, 0.05) is 30.5 Å². The first-order valence-electron chi connectivity index (χ1n) is 14.2. The lowest BCUT2D eigenvalue weighted by Crippen LogP contribution is -2.51. The van der Waals surface area contributed by atoms with Crippen molar-refractivity contribution in [3.63, 3.8) is 0 Å². The van der Waals surface area contributed by atoms with Crippen molar-refractivity contribution in [2.24, 2.45) is 5.92 Å². The fourth-order valence-corrected chi connectivity index (χ4v) is 6.93. The number of nitrogens with zero attached hydrogens (tertiary/aromatic N) is 2. The third-order valence-corrected chi connectivity index (χ3v) is 9.56. The van der Waals surface area contributed by atoms with E-state index in [1.54, 1.807) is 36.4 Å². The fourth-order valence-electron chi connectivity index (χ4n) is 5.04. The van der Waals surface area contributed by atoms with Gasteiger partial charge in [-0.3, -0.25) is 19.3 Å². The van der Waals surface area contributed by atoms with Crippen LogP contribution in [0.2, 0.25) is 0 Å². The van der Waals surface area contributed by atoms with Gasteiger partial charge in [0.1, 0.15) is 0 Å². The molecule has 9 nitrogen and oxygen atoms in total. The number of fused-ring (bicyclic) bond motifs is 1. The Balaban J connectivity index is 1.45. The molecule has 3 aromatic carbocycles. The number of carbonyl (C=O) groups is 3. The highest BCUT2D eigenvalue weighted by Crippen LogP contribution is 2.23. The lowest BCUT2D eigenvalue weighted by Gasteiger charge is -2.31. The number of imide groups is 1. The summed E-state index contributed by atoms with van der Waals surface area (Å²) in [5.41, 5.74) is 1.57. The van der Waals surface area contributed by atoms with Gasteiger partial charge in [0.15, 0.2) is 0 Å². The minimum Gasteiger partial charge on any atom is -0.390 e. The van der Waals surface area contributed by atoms with E-state index in [1.807, 2.05) is 44.2 Å². The topological polar surface area (TPSA) is 124 Å². The molecule has 0 bridgehead atoms. The average molecular weight is 671 g/mol. The molecule has 0 spiro atoms. The van der Waals surface area contributed by atoms with E-state index in [0.29, 0.717) is 11.1 Å². The van der Waals surface area contributed by atoms with Crippen LogP contribution >= 0.6 is 15.9 Å². The van der Waals surface area contributed by atoms with Crippen LogP contribution in [0.15, 0.2) is 88.2 Å². The number of benzene rings is 3. The van der Waals surface area contributed by atoms with Crippen molar-refractivity contribution in [2.45, 2.75) is 50.2 Å². The summed E-state index contributed by atoms with van der Waals surface area (Å²) in [6.07, 6.45) is -0.689. The van der Waals surface area contributed by atoms with Crippen LogP contribution in [-0.4, -0.2) is 72.2 Å². The Labute approximate surface area is 261 Å². The first-order chi connectivity index (χ1) is 20.5. The summed E-state index contributed by atoms with van der Waals surface area (Å²) in [6, 6.07) is 21.5. The molecule has 0 saturated carbocycles. The van der Waals surface area contributed by atoms with Crippen LogP contribution in [0.25, 0.3) is 0 Å². The van der Waals surface area contributed by atoms with E-state index >= 15 is 0 Å². The van der Waals surface area contributed by atoms with Crippen molar-refractivity contribution in [3.8, 4) is 0 Å². The van der Waals surface area contributed by atoms with E-state index in [-0.39, 0.29) is 67.4 Å². The van der Waals surface area contributed by atoms with Gasteiger partial charge in [-0.05, 0) is 60.7 Å². The molecule has 3 amide bonds. The fraction of sp³-hybridized carbons (Fsp3) is 0.344. The zero-order chi connectivity index (χ0) is 31.1. The standard InChI is InChI=1S/C32H36BrN3O6S/c1-22(2)20-35(43(41,42)25-16-14-24(33)15-17-25)21-29(37)28(19-23-9-4-3-5-10-23)34-30(38)13-8-18-36-31(39)26-11-6-7-12-27(26)32(36)40/h3-7,9-12,14-17,22,28-29,37H,8,13,18-21H2,1-2H3,(H,34,38)/t28-,29+/m0/s1. The predicted octanol–water partition coefficient (Wildman–Crippen LogP) is 4.26. The third kappa shape index (κ3) is 8.17. The quantitative estimate of drug-likeness (QED) is 0.247. The third-order valence-electron chi connectivity index (χ3n) is 7.18. The number of hydrogen-bond donors (Lipinski definition) is 2. The van der Waals surface area contributed by atoms with Crippen LogP contribution in [-0.2, 0) is 21.2 Å². The van der Waals surface area contributed by atoms with Crippen LogP contribution < -0.4 is 5.32 Å². The average Bonchev–Trinajstić information content (AvgIpc) is 3.22. The van der Waals surface area contributed by atoms with Crippen molar-refractivity contribution in [3.05, 3.63) is 100 Å². The Kier molecular flexibility index (Phi) is 10.9. The molecule has 2 atom stereocenters. The molecular weight excluding hydrogens is 634 g/mol. The number of aliphatic hydroxyl groups excluding tert-OH is 1. The Hall–Kier alpha value is -3.38. The molecule has 0 aromatic heterocycles. The van der Waals surface area contributed by atoms with Crippen molar-refractivity contribution < 1.29 is 27.9 Å². The molecule has 43 heavy (non-hydrogen) atoms. The summed E-state index contributed by atoms with van der Waals surface area (Å²) in [6.45, 7) is 3.84. The number of sulfonamides is 1. The van der Waals surface area contributed by atoms with E-state index in [1.165, 1.54) is 16.4 Å². The van der Waals surface area contributed by atoms with Gasteiger partial charge in [-0.2, -0.15) is 4.31 Å². The first-order valence-corrected chi connectivity index (χ1v) is 16.4. The minimum atomic E-state index is -3.93. The monoisotopic (exact) mass is 669 g/mol. The number of rotatable bonds is 14. The summed E-state index contributed by atoms with van der Waals surface area (Å²) < 4.78 is 29.2. The van der Waals surface area contributed by atoms with E-state index in [0.717, 1.165) is 14.9 Å². The van der Waals surface area contributed by atoms with Gasteiger partial charge in [0.25, 0.3) is 11.8 Å². The smallest absolute Gasteiger partial charge is 0.261 e. The van der Waals surface area contributed by atoms with Gasteiger partial charge in [0.2, 0.25) is 15.9 Å². The maximum Gasteiger partial charge on any atom is 0.261 e. The highest BCUT2D eigenvalue weighted by atomic mass is 79.9. The lowest BCUT2D eigenvalue weighted by atomic mass is 10.0. The van der Waals surface area contributed by atoms with Crippen LogP contribution in [0.1, 0.15) is 53.0 Å². The molecule has 0 unspecified atom stereocenters. The van der Waals surface area contributed by atoms with Gasteiger partial charge in [0.05, 0.1) is 28.2 Å². The van der Waals surface area contributed by atoms with E-state index in [4.69, 9.17) is 0 Å². The van der Waals surface area contributed by atoms with Gasteiger partial charge in [-0.25, -0.2) is 8.42 Å². The second-order valence-corrected chi connectivity index (χ2v) is 13.9. The molecule has 0 aliphatic carbocycles. The molecule has 3 aromatic rings. The van der Waals surface area contributed by atoms with E-state index in [9.17, 15) is 27.9 Å². The molecule has 0 saturated heterocycles. The molecular formula is C32H36BrN3O6S. The predicted molar refractivity (Wildman–Crippen MR) is 167 cm³/mol. The SMILES string of the molecule is CC(C)CN(C[C@@H](O)[C@H](Cc1ccccc1)NC(=O)CCCN1C(=O)c2ccccc2C1=O)S(=O)(=O)c1ccc(Br)cc1. The van der Waals surface area contributed by atoms with Crippen LogP contribution in [0, 0.1) is 5.92 Å². The molecule has 0 fully saturated rings. The number of hydrogen-bond acceptors (Lipinski definition) is 6. The Bertz CT molecular complexity index is 1510. The number of halogens is 1. The molecule has 4 rings (SSSR count). The van der Waals surface area contributed by atoms with Crippen LogP contribution in [0.3, 0.4) is 0 Å². The zero-order valence-corrected chi connectivity index (χ0v) is 26.6. The highest BCUT2D eigenvalue weighted by molar-refractivity contribution is 9.10. The molecule has 0 radical (unpaired) electrons. The summed E-state index contributed by atoms with van der Waals surface area (Å²) >= 11 is 3.33. The molecule has 2 N–H and O–H groups in total. The summed E-state index contributed by atoms with van der Waals surface area (Å²) in [4.78, 5) is 39.6. The Morgan fingerprint density at radius 3 is 2.07 bits per heavy atom. The largest absolute Gasteiger partial charge is 0.390 e. The number of carbonyl (C=O) groups excluding carboxylic acids is 3. The van der Waals surface area contributed by atoms with Crippen molar-refractivity contribution >= 4 is 43.7 Å². The maximum absolute atomic E-state index is 13.6. The van der Waals surface area contributed by atoms with Crippen LogP contribution in [0.4, 0.5) is 0 Å².